The number of benzene rings is 1. The summed E-state index contributed by atoms with van der Waals surface area (Å²) in [6, 6.07) is 6.85. The fourth-order valence-electron chi connectivity index (χ4n) is 3.02. The maximum absolute atomic E-state index is 5.55. The van der Waals surface area contributed by atoms with Crippen LogP contribution >= 0.6 is 0 Å². The third-order valence-electron chi connectivity index (χ3n) is 4.14. The van der Waals surface area contributed by atoms with E-state index in [0.29, 0.717) is 12.6 Å². The van der Waals surface area contributed by atoms with E-state index in [0.717, 1.165) is 31.1 Å². The summed E-state index contributed by atoms with van der Waals surface area (Å²) in [7, 11) is 1.69. The molecule has 4 heteroatoms. The molecule has 1 aromatic rings. The quantitative estimate of drug-likeness (QED) is 0.799. The summed E-state index contributed by atoms with van der Waals surface area (Å²) < 4.78 is 10.9. The van der Waals surface area contributed by atoms with E-state index in [4.69, 9.17) is 9.47 Å². The number of hydrogen-bond acceptors (Lipinski definition) is 4. The van der Waals surface area contributed by atoms with Crippen molar-refractivity contribution in [3.05, 3.63) is 23.8 Å². The third-order valence-corrected chi connectivity index (χ3v) is 4.14. The molecule has 1 aromatic carbocycles. The van der Waals surface area contributed by atoms with Gasteiger partial charge < -0.3 is 14.8 Å². The number of nitrogens with one attached hydrogen (secondary N) is 1. The van der Waals surface area contributed by atoms with Gasteiger partial charge in [0.15, 0.2) is 11.5 Å². The third kappa shape index (κ3) is 4.35. The topological polar surface area (TPSA) is 33.7 Å². The smallest absolute Gasteiger partial charge is 0.161 e. The van der Waals surface area contributed by atoms with Crippen molar-refractivity contribution in [1.82, 2.24) is 10.2 Å². The lowest BCUT2D eigenvalue weighted by molar-refractivity contribution is 0.260. The zero-order valence-electron chi connectivity index (χ0n) is 13.5. The molecule has 0 spiro atoms. The summed E-state index contributed by atoms with van der Waals surface area (Å²) in [5.74, 6) is 1.63. The summed E-state index contributed by atoms with van der Waals surface area (Å²) in [5, 5.41) is 3.57. The van der Waals surface area contributed by atoms with E-state index in [1.165, 1.54) is 24.9 Å². The summed E-state index contributed by atoms with van der Waals surface area (Å²) in [6.45, 7) is 9.22. The zero-order chi connectivity index (χ0) is 15.1. The van der Waals surface area contributed by atoms with Gasteiger partial charge in [-0.25, -0.2) is 0 Å². The first kappa shape index (κ1) is 16.1. The van der Waals surface area contributed by atoms with Crippen LogP contribution in [0.5, 0.6) is 11.5 Å². The second-order valence-corrected chi connectivity index (χ2v) is 5.47. The van der Waals surface area contributed by atoms with E-state index in [2.05, 4.69) is 29.3 Å². The molecule has 0 radical (unpaired) electrons. The first-order valence-electron chi connectivity index (χ1n) is 8.03. The average Bonchev–Trinajstić information content (AvgIpc) is 2.96. The van der Waals surface area contributed by atoms with E-state index >= 15 is 0 Å². The number of ether oxygens (including phenoxy) is 2. The van der Waals surface area contributed by atoms with Crippen LogP contribution in [0.15, 0.2) is 18.2 Å². The van der Waals surface area contributed by atoms with E-state index < -0.39 is 0 Å². The van der Waals surface area contributed by atoms with Gasteiger partial charge in [-0.15, -0.1) is 0 Å². The molecule has 1 aliphatic heterocycles. The van der Waals surface area contributed by atoms with Crippen LogP contribution in [0, 0.1) is 0 Å². The standard InChI is InChI=1S/C17H28N2O2/c1-4-19-10-6-7-15(19)13-18-12-14-8-9-16(21-5-2)17(11-14)20-3/h8-9,11,15,18H,4-7,10,12-13H2,1-3H3/t15-/m1/s1. The van der Waals surface area contributed by atoms with Crippen LogP contribution in [-0.4, -0.2) is 44.3 Å². The molecule has 1 fully saturated rings. The largest absolute Gasteiger partial charge is 0.493 e. The van der Waals surface area contributed by atoms with Gasteiger partial charge >= 0.3 is 0 Å². The minimum absolute atomic E-state index is 0.655. The van der Waals surface area contributed by atoms with Gasteiger partial charge in [0.1, 0.15) is 0 Å². The van der Waals surface area contributed by atoms with Crippen LogP contribution < -0.4 is 14.8 Å². The second kappa shape index (κ2) is 8.25. The Morgan fingerprint density at radius 1 is 1.29 bits per heavy atom. The highest BCUT2D eigenvalue weighted by molar-refractivity contribution is 5.42. The second-order valence-electron chi connectivity index (χ2n) is 5.47. The molecule has 21 heavy (non-hydrogen) atoms. The highest BCUT2D eigenvalue weighted by atomic mass is 16.5. The molecule has 0 aromatic heterocycles. The monoisotopic (exact) mass is 292 g/mol. The highest BCUT2D eigenvalue weighted by Gasteiger charge is 2.22. The van der Waals surface area contributed by atoms with Crippen LogP contribution in [-0.2, 0) is 6.54 Å². The molecule has 1 N–H and O–H groups in total. The van der Waals surface area contributed by atoms with Crippen molar-refractivity contribution in [2.75, 3.05) is 33.4 Å². The Morgan fingerprint density at radius 3 is 2.86 bits per heavy atom. The number of hydrogen-bond donors (Lipinski definition) is 1. The fraction of sp³-hybridized carbons (Fsp3) is 0.647. The van der Waals surface area contributed by atoms with Crippen LogP contribution in [0.2, 0.25) is 0 Å². The van der Waals surface area contributed by atoms with Crippen molar-refractivity contribution in [3.8, 4) is 11.5 Å². The molecule has 0 saturated carbocycles. The molecule has 0 bridgehead atoms. The van der Waals surface area contributed by atoms with Crippen molar-refractivity contribution >= 4 is 0 Å². The molecule has 2 rings (SSSR count). The Hall–Kier alpha value is -1.26. The number of likely N-dealkylation sites (N-methyl/N-ethyl adjacent to an activating group) is 1. The van der Waals surface area contributed by atoms with Gasteiger partial charge in [0.25, 0.3) is 0 Å². The summed E-state index contributed by atoms with van der Waals surface area (Å²) in [5.41, 5.74) is 1.23. The number of likely N-dealkylation sites (tertiary alicyclic amines) is 1. The molecule has 0 aliphatic carbocycles. The van der Waals surface area contributed by atoms with E-state index in [1.54, 1.807) is 7.11 Å². The van der Waals surface area contributed by atoms with Gasteiger partial charge in [-0.1, -0.05) is 13.0 Å². The van der Waals surface area contributed by atoms with E-state index in [1.807, 2.05) is 13.0 Å². The van der Waals surface area contributed by atoms with Gasteiger partial charge in [0.05, 0.1) is 13.7 Å². The van der Waals surface area contributed by atoms with Gasteiger partial charge in [-0.3, -0.25) is 4.90 Å². The van der Waals surface area contributed by atoms with Gasteiger partial charge in [0.2, 0.25) is 0 Å². The molecule has 0 unspecified atom stereocenters. The predicted molar refractivity (Wildman–Crippen MR) is 86.1 cm³/mol. The molecule has 1 aliphatic rings. The van der Waals surface area contributed by atoms with Gasteiger partial charge in [-0.2, -0.15) is 0 Å². The molecule has 4 nitrogen and oxygen atoms in total. The van der Waals surface area contributed by atoms with Gasteiger partial charge in [-0.05, 0) is 50.6 Å². The molecule has 0 amide bonds. The average molecular weight is 292 g/mol. The lowest BCUT2D eigenvalue weighted by Crippen LogP contribution is -2.37. The Kier molecular flexibility index (Phi) is 6.33. The van der Waals surface area contributed by atoms with E-state index in [-0.39, 0.29) is 0 Å². The van der Waals surface area contributed by atoms with Crippen molar-refractivity contribution < 1.29 is 9.47 Å². The maximum atomic E-state index is 5.55. The van der Waals surface area contributed by atoms with E-state index in [9.17, 15) is 0 Å². The molecular weight excluding hydrogens is 264 g/mol. The zero-order valence-corrected chi connectivity index (χ0v) is 13.5. The van der Waals surface area contributed by atoms with Crippen LogP contribution in [0.3, 0.4) is 0 Å². The lowest BCUT2D eigenvalue weighted by Gasteiger charge is -2.23. The molecule has 1 heterocycles. The lowest BCUT2D eigenvalue weighted by atomic mass is 10.2. The maximum Gasteiger partial charge on any atom is 0.161 e. The Labute approximate surface area is 128 Å². The van der Waals surface area contributed by atoms with Crippen molar-refractivity contribution in [1.29, 1.82) is 0 Å². The first-order chi connectivity index (χ1) is 10.3. The molecule has 1 saturated heterocycles. The van der Waals surface area contributed by atoms with Crippen molar-refractivity contribution in [2.24, 2.45) is 0 Å². The summed E-state index contributed by atoms with van der Waals surface area (Å²) in [6.07, 6.45) is 2.64. The van der Waals surface area contributed by atoms with Crippen LogP contribution in [0.25, 0.3) is 0 Å². The highest BCUT2D eigenvalue weighted by Crippen LogP contribution is 2.28. The molecule has 118 valence electrons. The number of methoxy groups -OCH3 is 1. The summed E-state index contributed by atoms with van der Waals surface area (Å²) >= 11 is 0. The van der Waals surface area contributed by atoms with Crippen LogP contribution in [0.4, 0.5) is 0 Å². The number of rotatable bonds is 8. The Bertz CT molecular complexity index is 437. The first-order valence-corrected chi connectivity index (χ1v) is 8.03. The fourth-order valence-corrected chi connectivity index (χ4v) is 3.02. The minimum Gasteiger partial charge on any atom is -0.493 e. The normalized spacial score (nSPS) is 18.9. The molecule has 1 atom stereocenters. The van der Waals surface area contributed by atoms with Gasteiger partial charge in [0, 0.05) is 19.1 Å². The Morgan fingerprint density at radius 2 is 2.14 bits per heavy atom. The van der Waals surface area contributed by atoms with Crippen molar-refractivity contribution in [3.63, 3.8) is 0 Å². The Balaban J connectivity index is 1.85. The summed E-state index contributed by atoms with van der Waals surface area (Å²) in [4.78, 5) is 2.56. The predicted octanol–water partition coefficient (Wildman–Crippen LogP) is 2.67. The minimum atomic E-state index is 0.655. The van der Waals surface area contributed by atoms with Crippen molar-refractivity contribution in [2.45, 2.75) is 39.3 Å². The van der Waals surface area contributed by atoms with Crippen LogP contribution in [0.1, 0.15) is 32.3 Å². The molecular formula is C17H28N2O2. The SMILES string of the molecule is CCOc1ccc(CNC[C@H]2CCCN2CC)cc1OC. The number of nitrogens with zero attached hydrogens (tertiary/aromatic N) is 1.